The fourth-order valence-corrected chi connectivity index (χ4v) is 0.412. The molecule has 4 heteroatoms. The average Bonchev–Trinajstić information content (AvgIpc) is 1.94. The lowest BCUT2D eigenvalue weighted by Crippen LogP contribution is -1.73. The summed E-state index contributed by atoms with van der Waals surface area (Å²) in [6.07, 6.45) is 1.53. The highest BCUT2D eigenvalue weighted by Crippen LogP contribution is 1.74. The molecule has 0 aliphatic carbocycles. The summed E-state index contributed by atoms with van der Waals surface area (Å²) in [5, 5.41) is 10.3. The number of aromatic nitrogens is 3. The molecule has 8 heavy (non-hydrogen) atoms. The molecular weight excluding hydrogens is 122 g/mol. The lowest BCUT2D eigenvalue weighted by Gasteiger charge is -1.58. The quantitative estimate of drug-likeness (QED) is 0.476. The van der Waals surface area contributed by atoms with Crippen molar-refractivity contribution >= 4 is 12.2 Å². The van der Waals surface area contributed by atoms with Gasteiger partial charge in [0, 0.05) is 0 Å². The minimum Gasteiger partial charge on any atom is -0.139 e. The Kier molecular flexibility index (Phi) is 1.58. The van der Waals surface area contributed by atoms with Crippen molar-refractivity contribution in [2.75, 3.05) is 0 Å². The molecule has 0 amide bonds. The van der Waals surface area contributed by atoms with E-state index in [1.54, 1.807) is 12.1 Å². The van der Waals surface area contributed by atoms with Crippen molar-refractivity contribution in [2.24, 2.45) is 0 Å². The van der Waals surface area contributed by atoms with Gasteiger partial charge < -0.3 is 0 Å². The zero-order valence-corrected chi connectivity index (χ0v) is 4.80. The summed E-state index contributed by atoms with van der Waals surface area (Å²) in [7, 11) is 0. The highest BCUT2D eigenvalue weighted by Gasteiger charge is 1.69. The second-order valence-electron chi connectivity index (χ2n) is 1.15. The molecule has 0 atom stereocenters. The molecule has 0 saturated carbocycles. The smallest absolute Gasteiger partial charge is 0.139 e. The van der Waals surface area contributed by atoms with E-state index in [4.69, 9.17) is 0 Å². The van der Waals surface area contributed by atoms with Gasteiger partial charge in [-0.15, -0.1) is 10.2 Å². The highest BCUT2D eigenvalue weighted by atomic mass is 32.1. The van der Waals surface area contributed by atoms with Crippen LogP contribution in [0.15, 0.2) is 18.3 Å². The van der Waals surface area contributed by atoms with E-state index in [-0.39, 0.29) is 0 Å². The SMILES string of the molecule is S=c1cccnnn1. The molecule has 1 aromatic rings. The summed E-state index contributed by atoms with van der Waals surface area (Å²) in [5.74, 6) is 0. The van der Waals surface area contributed by atoms with Gasteiger partial charge in [0.25, 0.3) is 0 Å². The Bertz CT molecular complexity index is 202. The van der Waals surface area contributed by atoms with Crippen molar-refractivity contribution in [1.29, 1.82) is 0 Å². The maximum Gasteiger partial charge on any atom is 0.150 e. The van der Waals surface area contributed by atoms with E-state index in [0.29, 0.717) is 4.64 Å². The van der Waals surface area contributed by atoms with E-state index in [2.05, 4.69) is 27.6 Å². The van der Waals surface area contributed by atoms with Crippen LogP contribution in [0.4, 0.5) is 0 Å². The van der Waals surface area contributed by atoms with Crippen molar-refractivity contribution in [1.82, 2.24) is 15.4 Å². The zero-order chi connectivity index (χ0) is 5.82. The molecule has 0 spiro atoms. The summed E-state index contributed by atoms with van der Waals surface area (Å²) in [6, 6.07) is 3.36. The van der Waals surface area contributed by atoms with Crippen LogP contribution >= 0.6 is 12.2 Å². The minimum atomic E-state index is 0.461. The van der Waals surface area contributed by atoms with Crippen LogP contribution in [-0.4, -0.2) is 15.4 Å². The van der Waals surface area contributed by atoms with Gasteiger partial charge in [0.1, 0.15) is 0 Å². The van der Waals surface area contributed by atoms with E-state index in [9.17, 15) is 0 Å². The summed E-state index contributed by atoms with van der Waals surface area (Å²) < 4.78 is 0.461. The maximum absolute atomic E-state index is 4.67. The fraction of sp³-hybridized carbons (Fsp3) is 0. The predicted molar refractivity (Wildman–Crippen MR) is 30.7 cm³/mol. The van der Waals surface area contributed by atoms with Gasteiger partial charge in [0.15, 0.2) is 4.64 Å². The van der Waals surface area contributed by atoms with Gasteiger partial charge in [-0.2, -0.15) is 0 Å². The normalized spacial score (nSPS) is 8.50. The number of hydrogen-bond donors (Lipinski definition) is 0. The Hall–Kier alpha value is -0.900. The van der Waals surface area contributed by atoms with Gasteiger partial charge in [-0.05, 0) is 17.3 Å². The first kappa shape index (κ1) is 5.24. The molecule has 1 heterocycles. The van der Waals surface area contributed by atoms with Gasteiger partial charge in [-0.25, -0.2) is 0 Å². The molecule has 0 radical (unpaired) electrons. The first-order valence-electron chi connectivity index (χ1n) is 2.04. The zero-order valence-electron chi connectivity index (χ0n) is 3.98. The first-order valence-corrected chi connectivity index (χ1v) is 2.45. The van der Waals surface area contributed by atoms with E-state index in [0.717, 1.165) is 0 Å². The summed E-state index contributed by atoms with van der Waals surface area (Å²) in [4.78, 5) is 0. The maximum atomic E-state index is 4.67. The Morgan fingerprint density at radius 3 is 3.25 bits per heavy atom. The van der Waals surface area contributed by atoms with Crippen LogP contribution in [-0.2, 0) is 0 Å². The predicted octanol–water partition coefficient (Wildman–Crippen LogP) is 0.601. The fourth-order valence-electron chi connectivity index (χ4n) is 0.297. The van der Waals surface area contributed by atoms with Crippen LogP contribution in [0, 0.1) is 4.64 Å². The summed E-state index contributed by atoms with van der Waals surface area (Å²) in [5.41, 5.74) is 0. The highest BCUT2D eigenvalue weighted by molar-refractivity contribution is 7.71. The molecular formula is C4H3N3S. The third kappa shape index (κ3) is 1.31. The van der Waals surface area contributed by atoms with E-state index >= 15 is 0 Å². The topological polar surface area (TPSA) is 38.7 Å². The molecule has 0 N–H and O–H groups in total. The lowest BCUT2D eigenvalue weighted by atomic mass is 10.6. The molecule has 1 rings (SSSR count). The Labute approximate surface area is 51.4 Å². The molecule has 40 valence electrons. The monoisotopic (exact) mass is 125 g/mol. The molecule has 1 aromatic heterocycles. The Morgan fingerprint density at radius 1 is 1.50 bits per heavy atom. The molecule has 0 aromatic carbocycles. The summed E-state index contributed by atoms with van der Waals surface area (Å²) in [6.45, 7) is 0. The largest absolute Gasteiger partial charge is 0.150 e. The molecule has 3 nitrogen and oxygen atoms in total. The van der Waals surface area contributed by atoms with Crippen molar-refractivity contribution in [3.8, 4) is 0 Å². The van der Waals surface area contributed by atoms with E-state index in [1.807, 2.05) is 0 Å². The number of nitrogens with zero attached hydrogens (tertiary/aromatic N) is 3. The van der Waals surface area contributed by atoms with Crippen molar-refractivity contribution in [3.05, 3.63) is 23.0 Å². The van der Waals surface area contributed by atoms with Crippen molar-refractivity contribution in [2.45, 2.75) is 0 Å². The van der Waals surface area contributed by atoms with E-state index in [1.165, 1.54) is 6.20 Å². The Morgan fingerprint density at radius 2 is 2.38 bits per heavy atom. The second kappa shape index (κ2) is 2.42. The van der Waals surface area contributed by atoms with Crippen LogP contribution in [0.1, 0.15) is 0 Å². The van der Waals surface area contributed by atoms with Gasteiger partial charge in [0.2, 0.25) is 0 Å². The first-order chi connectivity index (χ1) is 3.89. The minimum absolute atomic E-state index is 0.461. The third-order valence-electron chi connectivity index (χ3n) is 0.586. The van der Waals surface area contributed by atoms with Crippen molar-refractivity contribution in [3.63, 3.8) is 0 Å². The molecule has 0 bridgehead atoms. The molecule has 0 aliphatic rings. The standard InChI is InChI=1S/C4H3N3S/c8-4-2-1-3-5-7-6-4/h1-3H. The third-order valence-corrected chi connectivity index (χ3v) is 0.804. The lowest BCUT2D eigenvalue weighted by molar-refractivity contribution is 0.884. The van der Waals surface area contributed by atoms with Gasteiger partial charge >= 0.3 is 0 Å². The van der Waals surface area contributed by atoms with Crippen LogP contribution in [0.5, 0.6) is 0 Å². The van der Waals surface area contributed by atoms with Crippen LogP contribution in [0.3, 0.4) is 0 Å². The Balaban J connectivity index is 3.32. The van der Waals surface area contributed by atoms with Crippen molar-refractivity contribution < 1.29 is 0 Å². The second-order valence-corrected chi connectivity index (χ2v) is 1.57. The summed E-state index contributed by atoms with van der Waals surface area (Å²) >= 11 is 4.67. The van der Waals surface area contributed by atoms with Crippen LogP contribution < -0.4 is 0 Å². The van der Waals surface area contributed by atoms with Crippen LogP contribution in [0.25, 0.3) is 0 Å². The van der Waals surface area contributed by atoms with Crippen LogP contribution in [0.2, 0.25) is 0 Å². The van der Waals surface area contributed by atoms with E-state index < -0.39 is 0 Å². The molecule has 0 aliphatic heterocycles. The molecule has 0 unspecified atom stereocenters. The van der Waals surface area contributed by atoms with Gasteiger partial charge in [-0.3, -0.25) is 0 Å². The number of rotatable bonds is 0. The number of hydrogen-bond acceptors (Lipinski definition) is 4. The molecule has 0 fully saturated rings. The average molecular weight is 125 g/mol. The van der Waals surface area contributed by atoms with Gasteiger partial charge in [0.05, 0.1) is 6.20 Å². The molecule has 0 saturated heterocycles. The van der Waals surface area contributed by atoms with Gasteiger partial charge in [-0.1, -0.05) is 12.2 Å².